The van der Waals surface area contributed by atoms with Gasteiger partial charge in [0.2, 0.25) is 5.95 Å². The number of anilines is 3. The summed E-state index contributed by atoms with van der Waals surface area (Å²) in [5.74, 6) is 0.961. The minimum atomic E-state index is -0.0192. The van der Waals surface area contributed by atoms with Crippen molar-refractivity contribution in [2.45, 2.75) is 0 Å². The lowest BCUT2D eigenvalue weighted by molar-refractivity contribution is 0.311. The standard InChI is InChI=1S/C17H15Cl2N5O/c18-12-1-2-14(13(19)9-12)22-16-10-15(11-3-5-20-6-4-11)23-17(24-16)21-7-8-25/h1-6,9-10,25H,7-8H2,(H2,21,22,23,24). The molecular weight excluding hydrogens is 361 g/mol. The largest absolute Gasteiger partial charge is 0.395 e. The van der Waals surface area contributed by atoms with E-state index in [1.165, 1.54) is 0 Å². The number of halogens is 2. The Morgan fingerprint density at radius 1 is 1.00 bits per heavy atom. The van der Waals surface area contributed by atoms with Crippen LogP contribution in [-0.2, 0) is 0 Å². The SMILES string of the molecule is OCCNc1nc(Nc2ccc(Cl)cc2Cl)cc(-c2ccncc2)n1. The number of nitrogens with one attached hydrogen (secondary N) is 2. The summed E-state index contributed by atoms with van der Waals surface area (Å²) in [4.78, 5) is 12.9. The summed E-state index contributed by atoms with van der Waals surface area (Å²) >= 11 is 12.1. The average Bonchev–Trinajstić information content (AvgIpc) is 2.63. The molecule has 0 spiro atoms. The van der Waals surface area contributed by atoms with Crippen molar-refractivity contribution in [2.75, 3.05) is 23.8 Å². The Balaban J connectivity index is 1.96. The van der Waals surface area contributed by atoms with Gasteiger partial charge in [-0.3, -0.25) is 4.98 Å². The fourth-order valence-corrected chi connectivity index (χ4v) is 2.61. The molecule has 128 valence electrons. The van der Waals surface area contributed by atoms with Gasteiger partial charge in [0.1, 0.15) is 5.82 Å². The van der Waals surface area contributed by atoms with Gasteiger partial charge in [-0.05, 0) is 30.3 Å². The molecule has 8 heteroatoms. The van der Waals surface area contributed by atoms with E-state index in [2.05, 4.69) is 25.6 Å². The van der Waals surface area contributed by atoms with Crippen molar-refractivity contribution in [3.05, 3.63) is 58.8 Å². The number of hydrogen-bond acceptors (Lipinski definition) is 6. The summed E-state index contributed by atoms with van der Waals surface area (Å²) in [6.45, 7) is 0.329. The van der Waals surface area contributed by atoms with E-state index in [-0.39, 0.29) is 6.61 Å². The minimum absolute atomic E-state index is 0.0192. The lowest BCUT2D eigenvalue weighted by Crippen LogP contribution is -2.10. The fraction of sp³-hybridized carbons (Fsp3) is 0.118. The minimum Gasteiger partial charge on any atom is -0.395 e. The number of benzene rings is 1. The zero-order valence-corrected chi connectivity index (χ0v) is 14.6. The van der Waals surface area contributed by atoms with Crippen LogP contribution < -0.4 is 10.6 Å². The van der Waals surface area contributed by atoms with Gasteiger partial charge in [-0.25, -0.2) is 4.98 Å². The lowest BCUT2D eigenvalue weighted by atomic mass is 10.2. The van der Waals surface area contributed by atoms with Gasteiger partial charge in [-0.2, -0.15) is 4.98 Å². The van der Waals surface area contributed by atoms with Gasteiger partial charge in [0, 0.05) is 35.6 Å². The molecular formula is C17H15Cl2N5O. The molecule has 0 amide bonds. The van der Waals surface area contributed by atoms with Crippen molar-refractivity contribution < 1.29 is 5.11 Å². The molecule has 0 aliphatic rings. The quantitative estimate of drug-likeness (QED) is 0.603. The molecule has 3 rings (SSSR count). The molecule has 6 nitrogen and oxygen atoms in total. The van der Waals surface area contributed by atoms with Crippen molar-refractivity contribution in [3.63, 3.8) is 0 Å². The molecule has 0 fully saturated rings. The summed E-state index contributed by atoms with van der Waals surface area (Å²) in [6.07, 6.45) is 3.39. The van der Waals surface area contributed by atoms with Gasteiger partial charge < -0.3 is 15.7 Å². The van der Waals surface area contributed by atoms with Crippen molar-refractivity contribution in [3.8, 4) is 11.3 Å². The Bertz CT molecular complexity index is 861. The number of nitrogens with zero attached hydrogens (tertiary/aromatic N) is 3. The highest BCUT2D eigenvalue weighted by Gasteiger charge is 2.09. The highest BCUT2D eigenvalue weighted by Crippen LogP contribution is 2.29. The lowest BCUT2D eigenvalue weighted by Gasteiger charge is -2.12. The molecule has 1 aromatic carbocycles. The number of hydrogen-bond donors (Lipinski definition) is 3. The Hall–Kier alpha value is -2.41. The summed E-state index contributed by atoms with van der Waals surface area (Å²) in [5, 5.41) is 16.2. The van der Waals surface area contributed by atoms with Gasteiger partial charge in [-0.15, -0.1) is 0 Å². The summed E-state index contributed by atoms with van der Waals surface area (Å²) in [7, 11) is 0. The van der Waals surface area contributed by atoms with Crippen LogP contribution in [0.4, 0.5) is 17.5 Å². The van der Waals surface area contributed by atoms with Crippen LogP contribution in [0, 0.1) is 0 Å². The van der Waals surface area contributed by atoms with E-state index in [0.717, 1.165) is 5.56 Å². The molecule has 25 heavy (non-hydrogen) atoms. The number of rotatable bonds is 6. The van der Waals surface area contributed by atoms with Crippen molar-refractivity contribution in [1.82, 2.24) is 15.0 Å². The Morgan fingerprint density at radius 3 is 2.52 bits per heavy atom. The Labute approximate surface area is 154 Å². The van der Waals surface area contributed by atoms with Gasteiger partial charge in [-0.1, -0.05) is 23.2 Å². The van der Waals surface area contributed by atoms with Crippen LogP contribution >= 0.6 is 23.2 Å². The Morgan fingerprint density at radius 2 is 1.80 bits per heavy atom. The smallest absolute Gasteiger partial charge is 0.225 e. The molecule has 0 saturated carbocycles. The summed E-state index contributed by atoms with van der Waals surface area (Å²) < 4.78 is 0. The number of aromatic nitrogens is 3. The van der Waals surface area contributed by atoms with E-state index < -0.39 is 0 Å². The molecule has 3 N–H and O–H groups in total. The molecule has 0 saturated heterocycles. The Kier molecular flexibility index (Phi) is 5.65. The number of pyridine rings is 1. The van der Waals surface area contributed by atoms with Crippen molar-refractivity contribution >= 4 is 40.7 Å². The third kappa shape index (κ3) is 4.57. The molecule has 0 radical (unpaired) electrons. The van der Waals surface area contributed by atoms with Crippen LogP contribution in [0.5, 0.6) is 0 Å². The first-order valence-electron chi connectivity index (χ1n) is 7.52. The summed E-state index contributed by atoms with van der Waals surface area (Å²) in [6, 6.07) is 10.7. The maximum Gasteiger partial charge on any atom is 0.225 e. The molecule has 0 aliphatic carbocycles. The van der Waals surface area contributed by atoms with Gasteiger partial charge in [0.25, 0.3) is 0 Å². The molecule has 0 unspecified atom stereocenters. The van der Waals surface area contributed by atoms with Gasteiger partial charge in [0.05, 0.1) is 23.0 Å². The van der Waals surface area contributed by atoms with Crippen LogP contribution in [0.1, 0.15) is 0 Å². The summed E-state index contributed by atoms with van der Waals surface area (Å²) in [5.41, 5.74) is 2.29. The normalized spacial score (nSPS) is 10.5. The van der Waals surface area contributed by atoms with E-state index in [1.807, 2.05) is 18.2 Å². The average molecular weight is 376 g/mol. The first kappa shape index (κ1) is 17.4. The zero-order chi connectivity index (χ0) is 17.6. The highest BCUT2D eigenvalue weighted by atomic mass is 35.5. The molecule has 0 aliphatic heterocycles. The number of aliphatic hydroxyl groups is 1. The first-order chi connectivity index (χ1) is 12.2. The third-order valence-electron chi connectivity index (χ3n) is 3.29. The van der Waals surface area contributed by atoms with Crippen LogP contribution in [0.3, 0.4) is 0 Å². The fourth-order valence-electron chi connectivity index (χ4n) is 2.16. The van der Waals surface area contributed by atoms with Crippen molar-refractivity contribution in [1.29, 1.82) is 0 Å². The monoisotopic (exact) mass is 375 g/mol. The molecule has 0 bridgehead atoms. The predicted octanol–water partition coefficient (Wildman–Crippen LogP) is 3.99. The maximum atomic E-state index is 9.01. The maximum absolute atomic E-state index is 9.01. The second-order valence-electron chi connectivity index (χ2n) is 5.10. The van der Waals surface area contributed by atoms with E-state index in [9.17, 15) is 0 Å². The van der Waals surface area contributed by atoms with E-state index in [4.69, 9.17) is 28.3 Å². The number of aliphatic hydroxyl groups excluding tert-OH is 1. The second kappa shape index (κ2) is 8.11. The predicted molar refractivity (Wildman–Crippen MR) is 101 cm³/mol. The second-order valence-corrected chi connectivity index (χ2v) is 5.94. The van der Waals surface area contributed by atoms with E-state index in [0.29, 0.717) is 39.7 Å². The molecule has 2 heterocycles. The zero-order valence-electron chi connectivity index (χ0n) is 13.1. The van der Waals surface area contributed by atoms with Gasteiger partial charge >= 0.3 is 0 Å². The van der Waals surface area contributed by atoms with Crippen LogP contribution in [0.15, 0.2) is 48.8 Å². The molecule has 3 aromatic rings. The van der Waals surface area contributed by atoms with Gasteiger partial charge in [0.15, 0.2) is 0 Å². The molecule has 0 atom stereocenters. The molecule has 2 aromatic heterocycles. The topological polar surface area (TPSA) is 83.0 Å². The highest BCUT2D eigenvalue weighted by molar-refractivity contribution is 6.36. The van der Waals surface area contributed by atoms with E-state index in [1.54, 1.807) is 30.6 Å². The van der Waals surface area contributed by atoms with Crippen LogP contribution in [0.2, 0.25) is 10.0 Å². The van der Waals surface area contributed by atoms with Crippen LogP contribution in [0.25, 0.3) is 11.3 Å². The first-order valence-corrected chi connectivity index (χ1v) is 8.27. The third-order valence-corrected chi connectivity index (χ3v) is 3.84. The van der Waals surface area contributed by atoms with Crippen LogP contribution in [-0.4, -0.2) is 33.2 Å². The van der Waals surface area contributed by atoms with E-state index >= 15 is 0 Å². The van der Waals surface area contributed by atoms with Crippen molar-refractivity contribution in [2.24, 2.45) is 0 Å².